The van der Waals surface area contributed by atoms with E-state index in [0.717, 1.165) is 0 Å². The van der Waals surface area contributed by atoms with Crippen LogP contribution in [0.15, 0.2) is 0 Å². The highest BCUT2D eigenvalue weighted by Gasteiger charge is 2.53. The average Bonchev–Trinajstić information content (AvgIpc) is 2.65. The highest BCUT2D eigenvalue weighted by atomic mass is 32.2. The predicted molar refractivity (Wildman–Crippen MR) is 62.1 cm³/mol. The lowest BCUT2D eigenvalue weighted by Gasteiger charge is -2.24. The first-order valence-electron chi connectivity index (χ1n) is 5.63. The molecule has 2 amide bonds. The fourth-order valence-corrected chi connectivity index (χ4v) is 3.71. The van der Waals surface area contributed by atoms with E-state index in [1.165, 1.54) is 4.90 Å². The summed E-state index contributed by atoms with van der Waals surface area (Å²) in [5, 5.41) is -0.850. The maximum absolute atomic E-state index is 11.8. The highest BCUT2D eigenvalue weighted by molar-refractivity contribution is 7.91. The Morgan fingerprint density at radius 2 is 2.00 bits per heavy atom. The number of carbonyl (C=O) groups excluding carboxylic acids is 2. The Balaban J connectivity index is 2.10. The van der Waals surface area contributed by atoms with Gasteiger partial charge in [-0.3, -0.25) is 9.52 Å². The van der Waals surface area contributed by atoms with Gasteiger partial charge in [-0.1, -0.05) is 0 Å². The fourth-order valence-electron chi connectivity index (χ4n) is 2.11. The Morgan fingerprint density at radius 1 is 1.39 bits per heavy atom. The molecule has 102 valence electrons. The lowest BCUT2D eigenvalue weighted by Crippen LogP contribution is -2.39. The van der Waals surface area contributed by atoms with Crippen LogP contribution in [0.25, 0.3) is 0 Å². The quantitative estimate of drug-likeness (QED) is 0.654. The number of hydrogen-bond acceptors (Lipinski definition) is 5. The largest absolute Gasteiger partial charge is 0.444 e. The summed E-state index contributed by atoms with van der Waals surface area (Å²) in [6.07, 6.45) is -0.583. The van der Waals surface area contributed by atoms with Crippen molar-refractivity contribution in [3.63, 3.8) is 0 Å². The zero-order chi connectivity index (χ0) is 13.7. The summed E-state index contributed by atoms with van der Waals surface area (Å²) < 4.78 is 30.3. The van der Waals surface area contributed by atoms with E-state index in [1.807, 2.05) is 4.72 Å². The molecule has 0 radical (unpaired) electrons. The van der Waals surface area contributed by atoms with Crippen molar-refractivity contribution in [2.75, 3.05) is 13.1 Å². The molecule has 2 saturated heterocycles. The monoisotopic (exact) mass is 276 g/mol. The van der Waals surface area contributed by atoms with Crippen LogP contribution >= 0.6 is 0 Å². The molecule has 2 aliphatic rings. The maximum Gasteiger partial charge on any atom is 0.410 e. The minimum atomic E-state index is -3.63. The van der Waals surface area contributed by atoms with Gasteiger partial charge in [0.25, 0.3) is 0 Å². The smallest absolute Gasteiger partial charge is 0.410 e. The van der Waals surface area contributed by atoms with E-state index < -0.39 is 38.8 Å². The summed E-state index contributed by atoms with van der Waals surface area (Å²) in [4.78, 5) is 24.5. The molecule has 0 spiro atoms. The van der Waals surface area contributed by atoms with Gasteiger partial charge in [0.2, 0.25) is 15.9 Å². The Bertz CT molecular complexity index is 493. The van der Waals surface area contributed by atoms with Crippen molar-refractivity contribution in [2.24, 2.45) is 5.92 Å². The summed E-state index contributed by atoms with van der Waals surface area (Å²) in [5.74, 6) is -1.21. The number of nitrogens with one attached hydrogen (secondary N) is 1. The van der Waals surface area contributed by atoms with Gasteiger partial charge in [-0.05, 0) is 20.8 Å². The van der Waals surface area contributed by atoms with Gasteiger partial charge in [-0.2, -0.15) is 0 Å². The maximum atomic E-state index is 11.8. The van der Waals surface area contributed by atoms with Crippen molar-refractivity contribution in [3.8, 4) is 0 Å². The van der Waals surface area contributed by atoms with Crippen LogP contribution in [-0.2, 0) is 19.6 Å². The third-order valence-electron chi connectivity index (χ3n) is 2.90. The van der Waals surface area contributed by atoms with Crippen LogP contribution in [0.4, 0.5) is 4.79 Å². The normalized spacial score (nSPS) is 29.9. The summed E-state index contributed by atoms with van der Waals surface area (Å²) in [5.41, 5.74) is -0.643. The molecule has 2 atom stereocenters. The van der Waals surface area contributed by atoms with Crippen LogP contribution in [0.5, 0.6) is 0 Å². The number of amides is 2. The van der Waals surface area contributed by atoms with Gasteiger partial charge in [0, 0.05) is 13.1 Å². The van der Waals surface area contributed by atoms with E-state index >= 15 is 0 Å². The molecule has 0 saturated carbocycles. The van der Waals surface area contributed by atoms with Crippen LogP contribution in [0.2, 0.25) is 0 Å². The fraction of sp³-hybridized carbons (Fsp3) is 0.800. The highest BCUT2D eigenvalue weighted by Crippen LogP contribution is 2.29. The SMILES string of the molecule is CC(C)(C)OC(=O)N1CC2C(=O)NS(=O)(=O)C2C1. The third-order valence-corrected chi connectivity index (χ3v) is 4.66. The van der Waals surface area contributed by atoms with Crippen LogP contribution in [0.3, 0.4) is 0 Å². The van der Waals surface area contributed by atoms with E-state index in [-0.39, 0.29) is 13.1 Å². The van der Waals surface area contributed by atoms with E-state index in [9.17, 15) is 18.0 Å². The van der Waals surface area contributed by atoms with E-state index in [2.05, 4.69) is 0 Å². The zero-order valence-corrected chi connectivity index (χ0v) is 11.3. The molecule has 18 heavy (non-hydrogen) atoms. The minimum Gasteiger partial charge on any atom is -0.444 e. The van der Waals surface area contributed by atoms with Crippen molar-refractivity contribution in [3.05, 3.63) is 0 Å². The molecule has 7 nitrogen and oxygen atoms in total. The third kappa shape index (κ3) is 2.29. The Hall–Kier alpha value is -1.31. The summed E-state index contributed by atoms with van der Waals surface area (Å²) in [6, 6.07) is 0. The Morgan fingerprint density at radius 3 is 2.50 bits per heavy atom. The van der Waals surface area contributed by atoms with Crippen LogP contribution in [0, 0.1) is 5.92 Å². The second-order valence-corrected chi connectivity index (χ2v) is 7.44. The molecule has 1 N–H and O–H groups in total. The van der Waals surface area contributed by atoms with Gasteiger partial charge in [0.05, 0.1) is 5.92 Å². The molecule has 2 rings (SSSR count). The van der Waals surface area contributed by atoms with Crippen LogP contribution < -0.4 is 4.72 Å². The minimum absolute atomic E-state index is 0.000648. The number of carbonyl (C=O) groups is 2. The number of hydrogen-bond donors (Lipinski definition) is 1. The van der Waals surface area contributed by atoms with E-state index in [1.54, 1.807) is 20.8 Å². The van der Waals surface area contributed by atoms with Crippen LogP contribution in [0.1, 0.15) is 20.8 Å². The van der Waals surface area contributed by atoms with Gasteiger partial charge in [0.15, 0.2) is 0 Å². The first-order valence-corrected chi connectivity index (χ1v) is 7.18. The molecule has 2 unspecified atom stereocenters. The van der Waals surface area contributed by atoms with Gasteiger partial charge in [-0.25, -0.2) is 13.2 Å². The average molecular weight is 276 g/mol. The molecule has 2 heterocycles. The van der Waals surface area contributed by atoms with Crippen molar-refractivity contribution in [2.45, 2.75) is 31.6 Å². The molecule has 2 fully saturated rings. The number of sulfonamides is 1. The summed E-state index contributed by atoms with van der Waals surface area (Å²) >= 11 is 0. The number of ether oxygens (including phenoxy) is 1. The van der Waals surface area contributed by atoms with Crippen molar-refractivity contribution < 1.29 is 22.7 Å². The van der Waals surface area contributed by atoms with Gasteiger partial charge in [0.1, 0.15) is 10.9 Å². The Kier molecular flexibility index (Phi) is 2.80. The van der Waals surface area contributed by atoms with Crippen molar-refractivity contribution >= 4 is 22.0 Å². The molecule has 8 heteroatoms. The Labute approximate surface area is 106 Å². The number of rotatable bonds is 0. The number of fused-ring (bicyclic) bond motifs is 1. The molecule has 0 bridgehead atoms. The summed E-state index contributed by atoms with van der Waals surface area (Å²) in [6.45, 7) is 5.27. The van der Waals surface area contributed by atoms with Gasteiger partial charge in [-0.15, -0.1) is 0 Å². The van der Waals surface area contributed by atoms with Crippen molar-refractivity contribution in [1.29, 1.82) is 0 Å². The molecule has 0 aliphatic carbocycles. The molecule has 0 aromatic carbocycles. The van der Waals surface area contributed by atoms with E-state index in [0.29, 0.717) is 0 Å². The lowest BCUT2D eigenvalue weighted by atomic mass is 10.1. The topological polar surface area (TPSA) is 92.8 Å². The molecule has 0 aromatic heterocycles. The molecule has 2 aliphatic heterocycles. The number of likely N-dealkylation sites (tertiary alicyclic amines) is 1. The molecular weight excluding hydrogens is 260 g/mol. The second kappa shape index (κ2) is 3.84. The van der Waals surface area contributed by atoms with Gasteiger partial charge >= 0.3 is 6.09 Å². The van der Waals surface area contributed by atoms with Crippen molar-refractivity contribution in [1.82, 2.24) is 9.62 Å². The van der Waals surface area contributed by atoms with Crippen LogP contribution in [-0.4, -0.2) is 49.3 Å². The first kappa shape index (κ1) is 13.1. The second-order valence-electron chi connectivity index (χ2n) is 5.54. The molecular formula is C10H16N2O5S. The zero-order valence-electron chi connectivity index (χ0n) is 10.5. The standard InChI is InChI=1S/C10H16N2O5S/c1-10(2,3)17-9(14)12-4-6-7(5-12)18(15,16)11-8(6)13/h6-7H,4-5H2,1-3H3,(H,11,13). The number of nitrogens with zero attached hydrogens (tertiary/aromatic N) is 1. The summed E-state index contributed by atoms with van der Waals surface area (Å²) in [7, 11) is -3.63. The lowest BCUT2D eigenvalue weighted by molar-refractivity contribution is -0.121. The van der Waals surface area contributed by atoms with Gasteiger partial charge < -0.3 is 9.64 Å². The predicted octanol–water partition coefficient (Wildman–Crippen LogP) is -0.318. The molecule has 0 aromatic rings. The first-order chi connectivity index (χ1) is 8.10. The van der Waals surface area contributed by atoms with E-state index in [4.69, 9.17) is 4.74 Å².